The second kappa shape index (κ2) is 4.80. The summed E-state index contributed by atoms with van der Waals surface area (Å²) in [6.07, 6.45) is 0. The highest BCUT2D eigenvalue weighted by molar-refractivity contribution is 5.61. The van der Waals surface area contributed by atoms with Gasteiger partial charge in [0.1, 0.15) is 0 Å². The minimum Gasteiger partial charge on any atom is -0.259 e. The predicted octanol–water partition coefficient (Wildman–Crippen LogP) is 3.56. The van der Waals surface area contributed by atoms with Gasteiger partial charge in [-0.2, -0.15) is 5.10 Å². The van der Waals surface area contributed by atoms with E-state index in [1.165, 1.54) is 0 Å². The monoisotopic (exact) mass is 275 g/mol. The third-order valence-electron chi connectivity index (χ3n) is 2.81. The zero-order valence-electron chi connectivity index (χ0n) is 10.1. The first-order chi connectivity index (χ1) is 9.66. The maximum absolute atomic E-state index is 13.7. The Bertz CT molecular complexity index is 754. The van der Waals surface area contributed by atoms with Crippen LogP contribution < -0.4 is 0 Å². The van der Waals surface area contributed by atoms with Gasteiger partial charge in [0, 0.05) is 5.56 Å². The normalized spacial score (nSPS) is 10.8. The average molecular weight is 275 g/mol. The van der Waals surface area contributed by atoms with Crippen molar-refractivity contribution in [3.63, 3.8) is 0 Å². The zero-order valence-corrected chi connectivity index (χ0v) is 10.1. The summed E-state index contributed by atoms with van der Waals surface area (Å²) in [5.74, 6) is -3.67. The number of hydrogen-bond acceptors (Lipinski definition) is 2. The molecule has 20 heavy (non-hydrogen) atoms. The zero-order chi connectivity index (χ0) is 14.1. The van der Waals surface area contributed by atoms with Crippen molar-refractivity contribution in [3.8, 4) is 22.8 Å². The first kappa shape index (κ1) is 12.4. The van der Waals surface area contributed by atoms with Gasteiger partial charge >= 0.3 is 0 Å². The van der Waals surface area contributed by atoms with E-state index < -0.39 is 17.5 Å². The molecule has 0 aliphatic rings. The van der Waals surface area contributed by atoms with Gasteiger partial charge in [0.25, 0.3) is 0 Å². The quantitative estimate of drug-likeness (QED) is 0.726. The fourth-order valence-corrected chi connectivity index (χ4v) is 1.81. The molecule has 1 heterocycles. The molecule has 6 heteroatoms. The third kappa shape index (κ3) is 2.05. The first-order valence-electron chi connectivity index (χ1n) is 5.78. The van der Waals surface area contributed by atoms with E-state index in [0.717, 1.165) is 17.7 Å². The van der Waals surface area contributed by atoms with Gasteiger partial charge < -0.3 is 0 Å². The van der Waals surface area contributed by atoms with Gasteiger partial charge in [0.15, 0.2) is 29.1 Å². The Kier molecular flexibility index (Phi) is 2.98. The molecular weight excluding hydrogens is 267 g/mol. The van der Waals surface area contributed by atoms with Gasteiger partial charge in [0.2, 0.25) is 0 Å². The summed E-state index contributed by atoms with van der Waals surface area (Å²) < 4.78 is 39.7. The summed E-state index contributed by atoms with van der Waals surface area (Å²) >= 11 is 0. The van der Waals surface area contributed by atoms with E-state index in [4.69, 9.17) is 0 Å². The van der Waals surface area contributed by atoms with E-state index in [1.807, 2.05) is 18.2 Å². The van der Waals surface area contributed by atoms with Crippen molar-refractivity contribution >= 4 is 0 Å². The lowest BCUT2D eigenvalue weighted by Crippen LogP contribution is -1.95. The minimum atomic E-state index is -1.53. The van der Waals surface area contributed by atoms with Gasteiger partial charge in [-0.05, 0) is 12.1 Å². The maximum atomic E-state index is 13.7. The van der Waals surface area contributed by atoms with Crippen molar-refractivity contribution < 1.29 is 13.2 Å². The van der Waals surface area contributed by atoms with Crippen molar-refractivity contribution in [3.05, 3.63) is 59.9 Å². The van der Waals surface area contributed by atoms with Crippen LogP contribution in [-0.4, -0.2) is 15.2 Å². The van der Waals surface area contributed by atoms with E-state index in [9.17, 15) is 13.2 Å². The summed E-state index contributed by atoms with van der Waals surface area (Å²) in [4.78, 5) is 4.09. The number of benzene rings is 2. The lowest BCUT2D eigenvalue weighted by Gasteiger charge is -2.00. The van der Waals surface area contributed by atoms with Crippen molar-refractivity contribution in [2.45, 2.75) is 0 Å². The highest BCUT2D eigenvalue weighted by Crippen LogP contribution is 2.24. The van der Waals surface area contributed by atoms with Crippen LogP contribution in [0.3, 0.4) is 0 Å². The van der Waals surface area contributed by atoms with Gasteiger partial charge in [0.05, 0.1) is 5.56 Å². The lowest BCUT2D eigenvalue weighted by atomic mass is 10.2. The Morgan fingerprint density at radius 1 is 0.850 bits per heavy atom. The Hall–Kier alpha value is -2.63. The van der Waals surface area contributed by atoms with Crippen LogP contribution in [0.4, 0.5) is 13.2 Å². The van der Waals surface area contributed by atoms with Crippen LogP contribution in [0.1, 0.15) is 0 Å². The summed E-state index contributed by atoms with van der Waals surface area (Å²) in [5.41, 5.74) is 0.566. The van der Waals surface area contributed by atoms with E-state index >= 15 is 0 Å². The topological polar surface area (TPSA) is 41.6 Å². The van der Waals surface area contributed by atoms with E-state index in [0.29, 0.717) is 5.82 Å². The van der Waals surface area contributed by atoms with E-state index in [1.54, 1.807) is 12.1 Å². The number of H-pyrrole nitrogens is 1. The molecular formula is C14H8F3N3. The van der Waals surface area contributed by atoms with Gasteiger partial charge in [-0.25, -0.2) is 18.2 Å². The molecule has 1 aromatic heterocycles. The second-order valence-corrected chi connectivity index (χ2v) is 4.10. The molecule has 0 bridgehead atoms. The van der Waals surface area contributed by atoms with Crippen molar-refractivity contribution in [1.82, 2.24) is 15.2 Å². The van der Waals surface area contributed by atoms with Gasteiger partial charge in [-0.1, -0.05) is 30.3 Å². The minimum absolute atomic E-state index is 0.0419. The largest absolute Gasteiger partial charge is 0.259 e. The average Bonchev–Trinajstić information content (AvgIpc) is 2.95. The van der Waals surface area contributed by atoms with Crippen LogP contribution in [-0.2, 0) is 0 Å². The molecule has 3 aromatic rings. The van der Waals surface area contributed by atoms with Gasteiger partial charge in [-0.3, -0.25) is 5.10 Å². The van der Waals surface area contributed by atoms with E-state index in [-0.39, 0.29) is 11.4 Å². The van der Waals surface area contributed by atoms with Crippen LogP contribution in [0, 0.1) is 17.5 Å². The second-order valence-electron chi connectivity index (χ2n) is 4.10. The van der Waals surface area contributed by atoms with Crippen LogP contribution in [0.5, 0.6) is 0 Å². The summed E-state index contributed by atoms with van der Waals surface area (Å²) in [5, 5.41) is 6.45. The molecule has 0 saturated carbocycles. The molecule has 0 saturated heterocycles. The van der Waals surface area contributed by atoms with E-state index in [2.05, 4.69) is 15.2 Å². The van der Waals surface area contributed by atoms with Crippen molar-refractivity contribution in [1.29, 1.82) is 0 Å². The first-order valence-corrected chi connectivity index (χ1v) is 5.78. The molecule has 0 atom stereocenters. The molecule has 0 spiro atoms. The molecule has 0 radical (unpaired) electrons. The molecule has 0 aliphatic heterocycles. The van der Waals surface area contributed by atoms with Crippen LogP contribution in [0.2, 0.25) is 0 Å². The fraction of sp³-hybridized carbons (Fsp3) is 0. The highest BCUT2D eigenvalue weighted by Gasteiger charge is 2.17. The number of rotatable bonds is 2. The SMILES string of the molecule is Fc1ccc(-c2nc(-c3ccccc3)n[nH]2)c(F)c1F. The number of halogens is 3. The smallest absolute Gasteiger partial charge is 0.195 e. The Balaban J connectivity index is 2.05. The standard InChI is InChI=1S/C14H8F3N3/c15-10-7-6-9(11(16)12(10)17)14-18-13(19-20-14)8-4-2-1-3-5-8/h1-7H,(H,18,19,20). The molecule has 100 valence electrons. The molecule has 0 aliphatic carbocycles. The number of nitrogens with zero attached hydrogens (tertiary/aromatic N) is 2. The molecule has 0 unspecified atom stereocenters. The summed E-state index contributed by atoms with van der Waals surface area (Å²) in [6.45, 7) is 0. The lowest BCUT2D eigenvalue weighted by molar-refractivity contribution is 0.448. The number of hydrogen-bond donors (Lipinski definition) is 1. The number of nitrogens with one attached hydrogen (secondary N) is 1. The maximum Gasteiger partial charge on any atom is 0.195 e. The fourth-order valence-electron chi connectivity index (χ4n) is 1.81. The molecule has 0 amide bonds. The number of aromatic amines is 1. The van der Waals surface area contributed by atoms with Gasteiger partial charge in [-0.15, -0.1) is 0 Å². The Labute approximate surface area is 112 Å². The van der Waals surface area contributed by atoms with Crippen LogP contribution in [0.25, 0.3) is 22.8 Å². The van der Waals surface area contributed by atoms with Crippen molar-refractivity contribution in [2.24, 2.45) is 0 Å². The third-order valence-corrected chi connectivity index (χ3v) is 2.81. The summed E-state index contributed by atoms with van der Waals surface area (Å²) in [6, 6.07) is 11.0. The van der Waals surface area contributed by atoms with Crippen LogP contribution >= 0.6 is 0 Å². The Morgan fingerprint density at radius 2 is 1.60 bits per heavy atom. The Morgan fingerprint density at radius 3 is 2.35 bits per heavy atom. The molecule has 3 rings (SSSR count). The number of aromatic nitrogens is 3. The molecule has 0 fully saturated rings. The molecule has 1 N–H and O–H groups in total. The summed E-state index contributed by atoms with van der Waals surface area (Å²) in [7, 11) is 0. The predicted molar refractivity (Wildman–Crippen MR) is 67.1 cm³/mol. The van der Waals surface area contributed by atoms with Crippen LogP contribution in [0.15, 0.2) is 42.5 Å². The highest BCUT2D eigenvalue weighted by atomic mass is 19.2. The van der Waals surface area contributed by atoms with Crippen molar-refractivity contribution in [2.75, 3.05) is 0 Å². The molecule has 2 aromatic carbocycles. The molecule has 3 nitrogen and oxygen atoms in total.